The van der Waals surface area contributed by atoms with E-state index >= 15 is 0 Å². The van der Waals surface area contributed by atoms with Gasteiger partial charge in [-0.05, 0) is 32.0 Å². The van der Waals surface area contributed by atoms with Crippen molar-refractivity contribution in [1.29, 1.82) is 0 Å². The van der Waals surface area contributed by atoms with E-state index in [4.69, 9.17) is 16.3 Å². The number of halogens is 1. The number of carbonyl (C=O) groups is 2. The fourth-order valence-electron chi connectivity index (χ4n) is 1.93. The molecule has 0 atom stereocenters. The number of ether oxygens (including phenoxy) is 1. The third-order valence-electron chi connectivity index (χ3n) is 3.06. The zero-order chi connectivity index (χ0) is 18.8. The monoisotopic (exact) mass is 402 g/mol. The molecule has 0 spiro atoms. The molecule has 0 radical (unpaired) electrons. The first-order valence-electron chi connectivity index (χ1n) is 6.98. The second-order valence-electron chi connectivity index (χ2n) is 5.19. The van der Waals surface area contributed by atoms with Crippen LogP contribution in [0.4, 0.5) is 5.69 Å². The second-order valence-corrected chi connectivity index (χ2v) is 8.81. The van der Waals surface area contributed by atoms with E-state index in [2.05, 4.69) is 10.3 Å². The predicted molar refractivity (Wildman–Crippen MR) is 95.1 cm³/mol. The quantitative estimate of drug-likeness (QED) is 0.771. The molecule has 1 aromatic heterocycles. The Morgan fingerprint density at radius 2 is 2.00 bits per heavy atom. The van der Waals surface area contributed by atoms with Crippen molar-refractivity contribution in [1.82, 2.24) is 4.98 Å². The van der Waals surface area contributed by atoms with Gasteiger partial charge < -0.3 is 10.1 Å². The smallest absolute Gasteiger partial charge is 0.350 e. The van der Waals surface area contributed by atoms with E-state index in [-0.39, 0.29) is 15.6 Å². The molecule has 1 N–H and O–H groups in total. The highest BCUT2D eigenvalue weighted by molar-refractivity contribution is 7.90. The molecule has 0 saturated heterocycles. The van der Waals surface area contributed by atoms with Crippen LogP contribution in [0.5, 0.6) is 0 Å². The fourth-order valence-corrected chi connectivity index (χ4v) is 3.56. The number of benzene rings is 1. The standard InChI is InChI=1S/C15H15ClN2O5S2/c1-8-14(24-9(2)17-8)15(20)23-7-13(19)18-12-6-10(25(3,21)22)4-5-11(12)16/h4-6H,7H2,1-3H3,(H,18,19). The summed E-state index contributed by atoms with van der Waals surface area (Å²) in [5.74, 6) is -1.28. The van der Waals surface area contributed by atoms with Crippen LogP contribution in [-0.2, 0) is 19.4 Å². The van der Waals surface area contributed by atoms with E-state index in [9.17, 15) is 18.0 Å². The minimum atomic E-state index is -3.44. The maximum atomic E-state index is 12.0. The van der Waals surface area contributed by atoms with E-state index in [0.29, 0.717) is 10.6 Å². The number of amides is 1. The molecule has 25 heavy (non-hydrogen) atoms. The Labute approximate surface area is 153 Å². The van der Waals surface area contributed by atoms with Gasteiger partial charge in [0.25, 0.3) is 5.91 Å². The highest BCUT2D eigenvalue weighted by atomic mass is 35.5. The Kier molecular flexibility index (Phi) is 5.81. The van der Waals surface area contributed by atoms with Crippen LogP contribution >= 0.6 is 22.9 Å². The Morgan fingerprint density at radius 3 is 2.56 bits per heavy atom. The average Bonchev–Trinajstić information content (AvgIpc) is 2.84. The molecule has 1 aromatic carbocycles. The number of thiazole rings is 1. The van der Waals surface area contributed by atoms with Crippen LogP contribution in [0.2, 0.25) is 5.02 Å². The van der Waals surface area contributed by atoms with Crippen molar-refractivity contribution in [2.24, 2.45) is 0 Å². The van der Waals surface area contributed by atoms with Crippen molar-refractivity contribution >= 4 is 50.3 Å². The SMILES string of the molecule is Cc1nc(C)c(C(=O)OCC(=O)Nc2cc(S(C)(=O)=O)ccc2Cl)s1. The third-order valence-corrected chi connectivity index (χ3v) is 5.56. The molecule has 0 aliphatic rings. The minimum Gasteiger partial charge on any atom is -0.451 e. The van der Waals surface area contributed by atoms with Gasteiger partial charge in [-0.2, -0.15) is 0 Å². The first-order chi connectivity index (χ1) is 11.6. The molecule has 0 unspecified atom stereocenters. The number of aryl methyl sites for hydroxylation is 2. The van der Waals surface area contributed by atoms with Crippen LogP contribution in [0.25, 0.3) is 0 Å². The average molecular weight is 403 g/mol. The van der Waals surface area contributed by atoms with Crippen molar-refractivity contribution in [3.8, 4) is 0 Å². The number of sulfone groups is 1. The van der Waals surface area contributed by atoms with Crippen LogP contribution in [-0.4, -0.2) is 38.1 Å². The molecule has 134 valence electrons. The van der Waals surface area contributed by atoms with Crippen molar-refractivity contribution < 1.29 is 22.7 Å². The molecule has 10 heteroatoms. The Morgan fingerprint density at radius 1 is 1.32 bits per heavy atom. The van der Waals surface area contributed by atoms with Crippen molar-refractivity contribution in [3.63, 3.8) is 0 Å². The van der Waals surface area contributed by atoms with Gasteiger partial charge in [-0.1, -0.05) is 11.6 Å². The van der Waals surface area contributed by atoms with Crippen LogP contribution in [0.1, 0.15) is 20.4 Å². The molecule has 0 aliphatic heterocycles. The maximum Gasteiger partial charge on any atom is 0.350 e. The van der Waals surface area contributed by atoms with Gasteiger partial charge in [-0.25, -0.2) is 18.2 Å². The number of aromatic nitrogens is 1. The summed E-state index contributed by atoms with van der Waals surface area (Å²) in [6.07, 6.45) is 1.04. The Hall–Kier alpha value is -1.97. The summed E-state index contributed by atoms with van der Waals surface area (Å²) in [5.41, 5.74) is 0.660. The fraction of sp³-hybridized carbons (Fsp3) is 0.267. The van der Waals surface area contributed by atoms with E-state index in [1.165, 1.54) is 29.5 Å². The van der Waals surface area contributed by atoms with Gasteiger partial charge in [0.15, 0.2) is 16.4 Å². The van der Waals surface area contributed by atoms with Gasteiger partial charge in [0.2, 0.25) is 0 Å². The summed E-state index contributed by atoms with van der Waals surface area (Å²) in [5, 5.41) is 3.31. The van der Waals surface area contributed by atoms with Crippen LogP contribution in [0.15, 0.2) is 23.1 Å². The lowest BCUT2D eigenvalue weighted by molar-refractivity contribution is -0.119. The number of hydrogen-bond acceptors (Lipinski definition) is 7. The summed E-state index contributed by atoms with van der Waals surface area (Å²) in [6, 6.07) is 3.94. The Bertz CT molecular complexity index is 937. The largest absolute Gasteiger partial charge is 0.451 e. The van der Waals surface area contributed by atoms with Crippen molar-refractivity contribution in [2.45, 2.75) is 18.7 Å². The van der Waals surface area contributed by atoms with Crippen molar-refractivity contribution in [2.75, 3.05) is 18.2 Å². The van der Waals surface area contributed by atoms with Gasteiger partial charge in [0.1, 0.15) is 4.88 Å². The van der Waals surface area contributed by atoms with Crippen LogP contribution < -0.4 is 5.32 Å². The number of anilines is 1. The van der Waals surface area contributed by atoms with Gasteiger partial charge in [0.05, 0.1) is 26.3 Å². The number of carbonyl (C=O) groups excluding carboxylic acids is 2. The molecule has 1 amide bonds. The predicted octanol–water partition coefficient (Wildman–Crippen LogP) is 2.61. The lowest BCUT2D eigenvalue weighted by Gasteiger charge is -2.09. The third kappa shape index (κ3) is 5.00. The zero-order valence-corrected chi connectivity index (χ0v) is 16.0. The molecule has 7 nitrogen and oxygen atoms in total. The normalized spacial score (nSPS) is 11.2. The summed E-state index contributed by atoms with van der Waals surface area (Å²) < 4.78 is 28.1. The molecule has 2 aromatic rings. The molecule has 1 heterocycles. The number of nitrogens with zero attached hydrogens (tertiary/aromatic N) is 1. The van der Waals surface area contributed by atoms with Gasteiger partial charge in [0, 0.05) is 6.26 Å². The molecule has 0 bridgehead atoms. The van der Waals surface area contributed by atoms with E-state index in [1.54, 1.807) is 13.8 Å². The second kappa shape index (κ2) is 7.51. The summed E-state index contributed by atoms with van der Waals surface area (Å²) in [6.45, 7) is 2.91. The highest BCUT2D eigenvalue weighted by Crippen LogP contribution is 2.25. The number of esters is 1. The molecule has 0 saturated carbocycles. The maximum absolute atomic E-state index is 12.0. The highest BCUT2D eigenvalue weighted by Gasteiger charge is 2.17. The van der Waals surface area contributed by atoms with Crippen LogP contribution in [0.3, 0.4) is 0 Å². The summed E-state index contributed by atoms with van der Waals surface area (Å²) in [4.78, 5) is 28.4. The summed E-state index contributed by atoms with van der Waals surface area (Å²) in [7, 11) is -3.44. The molecular weight excluding hydrogens is 388 g/mol. The van der Waals surface area contributed by atoms with Crippen molar-refractivity contribution in [3.05, 3.63) is 38.8 Å². The molecule has 2 rings (SSSR count). The summed E-state index contributed by atoms with van der Waals surface area (Å²) >= 11 is 7.13. The topological polar surface area (TPSA) is 102 Å². The lowest BCUT2D eigenvalue weighted by Crippen LogP contribution is -2.21. The molecular formula is C15H15ClN2O5S2. The van der Waals surface area contributed by atoms with Gasteiger partial charge in [-0.15, -0.1) is 11.3 Å². The first-order valence-corrected chi connectivity index (χ1v) is 10.1. The molecule has 0 aliphatic carbocycles. The zero-order valence-electron chi connectivity index (χ0n) is 13.6. The van der Waals surface area contributed by atoms with E-state index in [0.717, 1.165) is 11.3 Å². The first kappa shape index (κ1) is 19.4. The Balaban J connectivity index is 2.03. The number of nitrogens with one attached hydrogen (secondary N) is 1. The van der Waals surface area contributed by atoms with Gasteiger partial charge in [-0.3, -0.25) is 4.79 Å². The minimum absolute atomic E-state index is 0.0138. The molecule has 0 fully saturated rings. The number of hydrogen-bond donors (Lipinski definition) is 1. The number of rotatable bonds is 5. The van der Waals surface area contributed by atoms with Crippen LogP contribution in [0, 0.1) is 13.8 Å². The van der Waals surface area contributed by atoms with E-state index < -0.39 is 28.3 Å². The van der Waals surface area contributed by atoms with Gasteiger partial charge >= 0.3 is 5.97 Å². The van der Waals surface area contributed by atoms with E-state index in [1.807, 2.05) is 0 Å². The lowest BCUT2D eigenvalue weighted by atomic mass is 10.3.